The zero-order valence-electron chi connectivity index (χ0n) is 15.4. The topological polar surface area (TPSA) is 123 Å². The molecule has 0 spiro atoms. The molecule has 0 atom stereocenters. The van der Waals surface area contributed by atoms with Crippen molar-refractivity contribution in [2.75, 3.05) is 0 Å². The van der Waals surface area contributed by atoms with E-state index in [1.54, 1.807) is 12.1 Å². The zero-order chi connectivity index (χ0) is 21.9. The van der Waals surface area contributed by atoms with Gasteiger partial charge in [0.25, 0.3) is 5.91 Å². The van der Waals surface area contributed by atoms with E-state index in [2.05, 4.69) is 15.3 Å². The van der Waals surface area contributed by atoms with E-state index in [9.17, 15) is 22.8 Å². The van der Waals surface area contributed by atoms with Crippen molar-refractivity contribution in [3.05, 3.63) is 75.3 Å². The fourth-order valence-corrected chi connectivity index (χ4v) is 2.93. The van der Waals surface area contributed by atoms with Crippen LogP contribution in [0.4, 0.5) is 13.2 Å². The van der Waals surface area contributed by atoms with Crippen molar-refractivity contribution in [1.82, 2.24) is 15.3 Å². The SMILES string of the molecule is N=CC(C=N)c1cc(C(F)(F)F)c2[nH]c(C(=O)NCc3ccncc3)cc(=O)c2c1. The maximum absolute atomic E-state index is 13.7. The molecule has 0 fully saturated rings. The van der Waals surface area contributed by atoms with Gasteiger partial charge in [-0.25, -0.2) is 0 Å². The van der Waals surface area contributed by atoms with Gasteiger partial charge in [0.1, 0.15) is 5.69 Å². The molecule has 7 nitrogen and oxygen atoms in total. The molecule has 0 saturated heterocycles. The normalized spacial score (nSPS) is 12.4. The van der Waals surface area contributed by atoms with Crippen LogP contribution in [-0.2, 0) is 12.7 Å². The third-order valence-corrected chi connectivity index (χ3v) is 4.46. The van der Waals surface area contributed by atoms with E-state index in [-0.39, 0.29) is 23.2 Å². The summed E-state index contributed by atoms with van der Waals surface area (Å²) in [4.78, 5) is 31.2. The number of aromatic nitrogens is 2. The molecule has 0 bridgehead atoms. The molecule has 1 amide bonds. The summed E-state index contributed by atoms with van der Waals surface area (Å²) in [5.74, 6) is -1.74. The summed E-state index contributed by atoms with van der Waals surface area (Å²) in [5.41, 5.74) is -2.05. The molecule has 0 radical (unpaired) electrons. The zero-order valence-corrected chi connectivity index (χ0v) is 15.4. The number of hydrogen-bond acceptors (Lipinski definition) is 5. The lowest BCUT2D eigenvalue weighted by Gasteiger charge is -2.15. The Bertz CT molecular complexity index is 1160. The molecule has 10 heteroatoms. The Morgan fingerprint density at radius 2 is 1.83 bits per heavy atom. The van der Waals surface area contributed by atoms with Crippen LogP contribution in [0, 0.1) is 10.8 Å². The number of nitrogens with one attached hydrogen (secondary N) is 4. The number of benzene rings is 1. The van der Waals surface area contributed by atoms with Crippen LogP contribution in [0.3, 0.4) is 0 Å². The highest BCUT2D eigenvalue weighted by Gasteiger charge is 2.34. The van der Waals surface area contributed by atoms with Crippen molar-refractivity contribution in [1.29, 1.82) is 10.8 Å². The molecular weight excluding hydrogens is 399 g/mol. The minimum Gasteiger partial charge on any atom is -0.350 e. The number of amides is 1. The summed E-state index contributed by atoms with van der Waals surface area (Å²) in [6.07, 6.45) is -0.143. The fourth-order valence-electron chi connectivity index (χ4n) is 2.93. The molecule has 3 rings (SSSR count). The first-order chi connectivity index (χ1) is 14.2. The minimum absolute atomic E-state index is 0.0137. The Labute approximate surface area is 168 Å². The van der Waals surface area contributed by atoms with Crippen LogP contribution in [0.15, 0.2) is 47.5 Å². The van der Waals surface area contributed by atoms with E-state index in [1.807, 2.05) is 0 Å². The number of alkyl halides is 3. The van der Waals surface area contributed by atoms with Crippen molar-refractivity contribution in [2.24, 2.45) is 0 Å². The number of hydrogen-bond donors (Lipinski definition) is 4. The van der Waals surface area contributed by atoms with Gasteiger partial charge in [-0.05, 0) is 35.4 Å². The highest BCUT2D eigenvalue weighted by molar-refractivity contribution is 5.96. The Balaban J connectivity index is 2.08. The first-order valence-corrected chi connectivity index (χ1v) is 8.71. The Morgan fingerprint density at radius 3 is 2.43 bits per heavy atom. The van der Waals surface area contributed by atoms with Crippen LogP contribution >= 0.6 is 0 Å². The summed E-state index contributed by atoms with van der Waals surface area (Å²) < 4.78 is 41.0. The highest BCUT2D eigenvalue weighted by Crippen LogP contribution is 2.35. The number of halogens is 3. The van der Waals surface area contributed by atoms with Crippen LogP contribution < -0.4 is 10.7 Å². The van der Waals surface area contributed by atoms with E-state index in [0.717, 1.165) is 30.1 Å². The van der Waals surface area contributed by atoms with Gasteiger partial charge in [-0.1, -0.05) is 0 Å². The summed E-state index contributed by atoms with van der Waals surface area (Å²) in [5, 5.41) is 16.8. The standard InChI is InChI=1S/C20H16F3N5O2/c21-20(22,23)15-6-12(13(8-24)9-25)5-14-17(29)7-16(28-18(14)15)19(30)27-10-11-1-3-26-4-2-11/h1-9,13,24-25H,10H2,(H,27,30)(H,28,29). The van der Waals surface area contributed by atoms with Crippen molar-refractivity contribution >= 4 is 29.2 Å². The first kappa shape index (κ1) is 20.9. The summed E-state index contributed by atoms with van der Waals surface area (Å²) in [6, 6.07) is 6.23. The molecule has 0 aliphatic rings. The van der Waals surface area contributed by atoms with Gasteiger partial charge >= 0.3 is 6.18 Å². The quantitative estimate of drug-likeness (QED) is 0.462. The van der Waals surface area contributed by atoms with Crippen LogP contribution in [0.25, 0.3) is 10.9 Å². The second kappa shape index (κ2) is 8.27. The monoisotopic (exact) mass is 415 g/mol. The van der Waals surface area contributed by atoms with Crippen LogP contribution in [0.5, 0.6) is 0 Å². The molecule has 0 unspecified atom stereocenters. The van der Waals surface area contributed by atoms with Crippen molar-refractivity contribution in [3.8, 4) is 0 Å². The van der Waals surface area contributed by atoms with Crippen molar-refractivity contribution in [2.45, 2.75) is 18.6 Å². The van der Waals surface area contributed by atoms with Gasteiger partial charge in [0.05, 0.1) is 17.0 Å². The van der Waals surface area contributed by atoms with E-state index in [1.165, 1.54) is 18.5 Å². The largest absolute Gasteiger partial charge is 0.418 e. The van der Waals surface area contributed by atoms with Crippen LogP contribution in [0.2, 0.25) is 0 Å². The van der Waals surface area contributed by atoms with Crippen molar-refractivity contribution < 1.29 is 18.0 Å². The van der Waals surface area contributed by atoms with E-state index >= 15 is 0 Å². The lowest BCUT2D eigenvalue weighted by atomic mass is 9.95. The number of carbonyl (C=O) groups is 1. The second-order valence-electron chi connectivity index (χ2n) is 6.43. The lowest BCUT2D eigenvalue weighted by molar-refractivity contribution is -0.136. The lowest BCUT2D eigenvalue weighted by Crippen LogP contribution is -2.26. The van der Waals surface area contributed by atoms with Crippen molar-refractivity contribution in [3.63, 3.8) is 0 Å². The van der Waals surface area contributed by atoms with E-state index in [0.29, 0.717) is 0 Å². The Morgan fingerprint density at radius 1 is 1.17 bits per heavy atom. The molecule has 2 heterocycles. The van der Waals surface area contributed by atoms with Gasteiger partial charge in [-0.2, -0.15) is 13.2 Å². The highest BCUT2D eigenvalue weighted by atomic mass is 19.4. The molecule has 0 saturated carbocycles. The predicted molar refractivity (Wildman–Crippen MR) is 105 cm³/mol. The number of pyridine rings is 2. The Kier molecular flexibility index (Phi) is 5.77. The molecule has 154 valence electrons. The molecule has 0 aliphatic heterocycles. The van der Waals surface area contributed by atoms with Gasteiger partial charge in [-0.3, -0.25) is 14.6 Å². The molecule has 0 aliphatic carbocycles. The van der Waals surface area contributed by atoms with Gasteiger partial charge in [0.2, 0.25) is 0 Å². The molecule has 2 aromatic heterocycles. The van der Waals surface area contributed by atoms with Gasteiger partial charge in [0, 0.05) is 42.8 Å². The average molecular weight is 415 g/mol. The second-order valence-corrected chi connectivity index (χ2v) is 6.43. The van der Waals surface area contributed by atoms with Gasteiger partial charge < -0.3 is 21.1 Å². The number of rotatable bonds is 6. The van der Waals surface area contributed by atoms with Crippen LogP contribution in [-0.4, -0.2) is 28.3 Å². The van der Waals surface area contributed by atoms with Gasteiger partial charge in [-0.15, -0.1) is 0 Å². The number of carbonyl (C=O) groups excluding carboxylic acids is 1. The smallest absolute Gasteiger partial charge is 0.350 e. The predicted octanol–water partition coefficient (Wildman–Crippen LogP) is 3.25. The summed E-state index contributed by atoms with van der Waals surface area (Å²) in [6.45, 7) is 0.104. The summed E-state index contributed by atoms with van der Waals surface area (Å²) >= 11 is 0. The van der Waals surface area contributed by atoms with Gasteiger partial charge in [0.15, 0.2) is 5.43 Å². The maximum atomic E-state index is 13.7. The van der Waals surface area contributed by atoms with E-state index in [4.69, 9.17) is 10.8 Å². The number of nitrogens with zero attached hydrogens (tertiary/aromatic N) is 1. The third-order valence-electron chi connectivity index (χ3n) is 4.46. The average Bonchev–Trinajstić information content (AvgIpc) is 2.72. The maximum Gasteiger partial charge on any atom is 0.418 e. The molecule has 4 N–H and O–H groups in total. The first-order valence-electron chi connectivity index (χ1n) is 8.71. The number of fused-ring (bicyclic) bond motifs is 1. The molecular formula is C20H16F3N5O2. The van der Waals surface area contributed by atoms with Crippen LogP contribution in [0.1, 0.15) is 33.1 Å². The number of H-pyrrole nitrogens is 1. The number of aromatic amines is 1. The molecule has 1 aromatic carbocycles. The third kappa shape index (κ3) is 4.27. The summed E-state index contributed by atoms with van der Waals surface area (Å²) in [7, 11) is 0. The van der Waals surface area contributed by atoms with E-state index < -0.39 is 34.5 Å². The fraction of sp³-hybridized carbons (Fsp3) is 0.150. The molecule has 3 aromatic rings. The molecule has 30 heavy (non-hydrogen) atoms. The minimum atomic E-state index is -4.82. The Hall–Kier alpha value is -3.82.